The zero-order valence-electron chi connectivity index (χ0n) is 6.50. The second-order valence-corrected chi connectivity index (χ2v) is 2.89. The Morgan fingerprint density at radius 3 is 2.25 bits per heavy atom. The van der Waals surface area contributed by atoms with Crippen molar-refractivity contribution in [2.24, 2.45) is 0 Å². The minimum absolute atomic E-state index is 0.442. The summed E-state index contributed by atoms with van der Waals surface area (Å²) in [6.45, 7) is -0.442. The third-order valence-corrected chi connectivity index (χ3v) is 2.03. The van der Waals surface area contributed by atoms with E-state index in [1.165, 1.54) is 0 Å². The maximum absolute atomic E-state index is 9.25. The number of hydrogen-bond acceptors (Lipinski definition) is 5. The van der Waals surface area contributed by atoms with Crippen LogP contribution in [0.2, 0.25) is 0 Å². The van der Waals surface area contributed by atoms with E-state index >= 15 is 0 Å². The Bertz CT molecular complexity index is 150. The van der Waals surface area contributed by atoms with Crippen LogP contribution in [0.15, 0.2) is 0 Å². The largest absolute Gasteiger partial charge is 0.394 e. The predicted molar refractivity (Wildman–Crippen MR) is 36.7 cm³/mol. The van der Waals surface area contributed by atoms with Crippen molar-refractivity contribution in [1.82, 2.24) is 0 Å². The summed E-state index contributed by atoms with van der Waals surface area (Å²) in [5.74, 6) is 0. The Hall–Kier alpha value is -0.240. The first-order chi connectivity index (χ1) is 5.57. The quantitative estimate of drug-likeness (QED) is 0.282. The first-order valence-corrected chi connectivity index (χ1v) is 3.71. The lowest BCUT2D eigenvalue weighted by Gasteiger charge is -2.36. The minimum atomic E-state index is -1.24. The molecule has 12 heavy (non-hydrogen) atoms. The SMILES string of the molecule is [NH3+]C1[C@H](O)OC(CO)[C@@H](O)[C@@H]1O. The summed E-state index contributed by atoms with van der Waals surface area (Å²) in [7, 11) is 0. The summed E-state index contributed by atoms with van der Waals surface area (Å²) in [6, 6.07) is -0.789. The van der Waals surface area contributed by atoms with Crippen molar-refractivity contribution < 1.29 is 30.9 Å². The van der Waals surface area contributed by atoms with Crippen LogP contribution < -0.4 is 5.73 Å². The molecular weight excluding hydrogens is 166 g/mol. The Morgan fingerprint density at radius 2 is 1.75 bits per heavy atom. The highest BCUT2D eigenvalue weighted by molar-refractivity contribution is 4.87. The van der Waals surface area contributed by atoms with Gasteiger partial charge in [-0.25, -0.2) is 0 Å². The molecule has 1 aliphatic heterocycles. The molecule has 0 aromatic heterocycles. The molecule has 0 radical (unpaired) electrons. The van der Waals surface area contributed by atoms with Crippen LogP contribution in [0, 0.1) is 0 Å². The van der Waals surface area contributed by atoms with Gasteiger partial charge in [-0.05, 0) is 0 Å². The number of hydrogen-bond donors (Lipinski definition) is 5. The zero-order chi connectivity index (χ0) is 9.30. The van der Waals surface area contributed by atoms with Crippen LogP contribution in [0.25, 0.3) is 0 Å². The number of aliphatic hydroxyl groups is 4. The molecule has 2 unspecified atom stereocenters. The standard InChI is InChI=1S/C6H13NO5/c7-3-5(10)4(9)2(1-8)12-6(3)11/h2-6,8-11H,1,7H2/p+1/t2?,3?,4-,5-,6-/m1/s1. The monoisotopic (exact) mass is 180 g/mol. The smallest absolute Gasteiger partial charge is 0.211 e. The van der Waals surface area contributed by atoms with Gasteiger partial charge in [0, 0.05) is 0 Å². The number of quaternary nitrogens is 1. The first-order valence-electron chi connectivity index (χ1n) is 3.71. The van der Waals surface area contributed by atoms with Crippen LogP contribution in [0.1, 0.15) is 0 Å². The average Bonchev–Trinajstić information content (AvgIpc) is 2.08. The van der Waals surface area contributed by atoms with Gasteiger partial charge in [0.1, 0.15) is 18.3 Å². The lowest BCUT2D eigenvalue weighted by atomic mass is 9.98. The highest BCUT2D eigenvalue weighted by Crippen LogP contribution is 2.16. The zero-order valence-corrected chi connectivity index (χ0v) is 6.50. The van der Waals surface area contributed by atoms with Gasteiger partial charge in [-0.15, -0.1) is 0 Å². The van der Waals surface area contributed by atoms with Gasteiger partial charge >= 0.3 is 0 Å². The van der Waals surface area contributed by atoms with Crippen molar-refractivity contribution in [2.45, 2.75) is 30.6 Å². The molecule has 5 atom stereocenters. The van der Waals surface area contributed by atoms with Crippen LogP contribution in [0.4, 0.5) is 0 Å². The van der Waals surface area contributed by atoms with Gasteiger partial charge in [-0.3, -0.25) is 0 Å². The fraction of sp³-hybridized carbons (Fsp3) is 1.00. The van der Waals surface area contributed by atoms with Crippen LogP contribution in [0.3, 0.4) is 0 Å². The summed E-state index contributed by atoms with van der Waals surface area (Å²) < 4.78 is 4.76. The molecule has 72 valence electrons. The highest BCUT2D eigenvalue weighted by atomic mass is 16.6. The Morgan fingerprint density at radius 1 is 1.17 bits per heavy atom. The summed E-state index contributed by atoms with van der Waals surface area (Å²) in [4.78, 5) is 0. The van der Waals surface area contributed by atoms with E-state index in [9.17, 15) is 10.2 Å². The maximum atomic E-state index is 9.25. The normalized spacial score (nSPS) is 49.2. The van der Waals surface area contributed by atoms with Crippen molar-refractivity contribution in [1.29, 1.82) is 0 Å². The Balaban J connectivity index is 2.63. The van der Waals surface area contributed by atoms with E-state index in [0.29, 0.717) is 0 Å². The van der Waals surface area contributed by atoms with E-state index in [2.05, 4.69) is 5.73 Å². The summed E-state index contributed by atoms with van der Waals surface area (Å²) >= 11 is 0. The van der Waals surface area contributed by atoms with Crippen LogP contribution in [-0.2, 0) is 4.74 Å². The number of aliphatic hydroxyl groups excluding tert-OH is 4. The predicted octanol–water partition coefficient (Wildman–Crippen LogP) is -3.97. The molecule has 0 aliphatic carbocycles. The third-order valence-electron chi connectivity index (χ3n) is 2.03. The van der Waals surface area contributed by atoms with E-state index in [0.717, 1.165) is 0 Å². The fourth-order valence-corrected chi connectivity index (χ4v) is 1.15. The van der Waals surface area contributed by atoms with Gasteiger partial charge < -0.3 is 30.9 Å². The summed E-state index contributed by atoms with van der Waals surface area (Å²) in [6.07, 6.45) is -4.53. The van der Waals surface area contributed by atoms with Crippen molar-refractivity contribution in [3.8, 4) is 0 Å². The summed E-state index contributed by atoms with van der Waals surface area (Å²) in [5, 5.41) is 36.3. The van der Waals surface area contributed by atoms with Gasteiger partial charge in [-0.1, -0.05) is 0 Å². The number of ether oxygens (including phenoxy) is 1. The highest BCUT2D eigenvalue weighted by Gasteiger charge is 2.43. The maximum Gasteiger partial charge on any atom is 0.211 e. The molecule has 1 aliphatic rings. The molecule has 0 aromatic rings. The third kappa shape index (κ3) is 1.58. The molecule has 7 N–H and O–H groups in total. The van der Waals surface area contributed by atoms with Crippen LogP contribution >= 0.6 is 0 Å². The van der Waals surface area contributed by atoms with E-state index < -0.39 is 37.3 Å². The number of rotatable bonds is 1. The molecule has 0 aromatic carbocycles. The molecular formula is C6H14NO5+. The molecule has 6 heteroatoms. The molecule has 1 rings (SSSR count). The van der Waals surface area contributed by atoms with Gasteiger partial charge in [0.25, 0.3) is 0 Å². The molecule has 1 heterocycles. The summed E-state index contributed by atoms with van der Waals surface area (Å²) in [5.41, 5.74) is 3.41. The Labute approximate surface area is 69.2 Å². The van der Waals surface area contributed by atoms with Crippen LogP contribution in [-0.4, -0.2) is 57.7 Å². The molecule has 1 fully saturated rings. The minimum Gasteiger partial charge on any atom is -0.394 e. The van der Waals surface area contributed by atoms with Gasteiger partial charge in [0.15, 0.2) is 6.04 Å². The second kappa shape index (κ2) is 3.65. The van der Waals surface area contributed by atoms with E-state index in [1.807, 2.05) is 0 Å². The topological polar surface area (TPSA) is 118 Å². The van der Waals surface area contributed by atoms with Crippen molar-refractivity contribution in [3.63, 3.8) is 0 Å². The molecule has 0 bridgehead atoms. The van der Waals surface area contributed by atoms with Crippen molar-refractivity contribution in [2.75, 3.05) is 6.61 Å². The van der Waals surface area contributed by atoms with Crippen molar-refractivity contribution >= 4 is 0 Å². The lowest BCUT2D eigenvalue weighted by molar-refractivity contribution is -0.497. The molecule has 0 saturated carbocycles. The van der Waals surface area contributed by atoms with Crippen LogP contribution in [0.5, 0.6) is 0 Å². The van der Waals surface area contributed by atoms with Gasteiger partial charge in [0.05, 0.1) is 6.61 Å². The molecule has 1 saturated heterocycles. The first kappa shape index (κ1) is 9.85. The molecule has 0 amide bonds. The van der Waals surface area contributed by atoms with Gasteiger partial charge in [-0.2, -0.15) is 0 Å². The molecule has 0 spiro atoms. The second-order valence-electron chi connectivity index (χ2n) is 2.89. The fourth-order valence-electron chi connectivity index (χ4n) is 1.15. The van der Waals surface area contributed by atoms with E-state index in [-0.39, 0.29) is 0 Å². The van der Waals surface area contributed by atoms with E-state index in [1.54, 1.807) is 0 Å². The van der Waals surface area contributed by atoms with E-state index in [4.69, 9.17) is 14.9 Å². The molecule has 6 nitrogen and oxygen atoms in total. The van der Waals surface area contributed by atoms with Gasteiger partial charge in [0.2, 0.25) is 6.29 Å². The van der Waals surface area contributed by atoms with Crippen molar-refractivity contribution in [3.05, 3.63) is 0 Å². The lowest BCUT2D eigenvalue weighted by Crippen LogP contribution is -2.77. The average molecular weight is 180 g/mol. The Kier molecular flexibility index (Phi) is 2.99.